The minimum absolute atomic E-state index is 0. The van der Waals surface area contributed by atoms with Crippen molar-refractivity contribution in [3.05, 3.63) is 29.3 Å². The van der Waals surface area contributed by atoms with E-state index in [9.17, 15) is 0 Å². The number of benzene rings is 1. The summed E-state index contributed by atoms with van der Waals surface area (Å²) in [6.07, 6.45) is 3.68. The first kappa shape index (κ1) is 22.0. The summed E-state index contributed by atoms with van der Waals surface area (Å²) >= 11 is 0. The Morgan fingerprint density at radius 2 is 2.08 bits per heavy atom. The van der Waals surface area contributed by atoms with Crippen LogP contribution in [0.2, 0.25) is 0 Å². The van der Waals surface area contributed by atoms with E-state index in [0.717, 1.165) is 55.9 Å². The molecule has 25 heavy (non-hydrogen) atoms. The van der Waals surface area contributed by atoms with E-state index in [1.807, 2.05) is 6.07 Å². The van der Waals surface area contributed by atoms with Gasteiger partial charge in [0, 0.05) is 31.9 Å². The number of rotatable bonds is 10. The molecule has 0 atom stereocenters. The van der Waals surface area contributed by atoms with Gasteiger partial charge < -0.3 is 20.1 Å². The minimum atomic E-state index is 0. The van der Waals surface area contributed by atoms with Gasteiger partial charge in [-0.05, 0) is 50.7 Å². The first-order valence-corrected chi connectivity index (χ1v) is 8.96. The van der Waals surface area contributed by atoms with Crippen LogP contribution >= 0.6 is 24.0 Å². The van der Waals surface area contributed by atoms with Crippen LogP contribution in [0.3, 0.4) is 0 Å². The van der Waals surface area contributed by atoms with Gasteiger partial charge in [0.2, 0.25) is 0 Å². The molecular weight excluding hydrogens is 429 g/mol. The second kappa shape index (κ2) is 12.4. The number of hydrogen-bond acceptors (Lipinski definition) is 3. The number of aryl methyl sites for hydroxylation is 1. The van der Waals surface area contributed by atoms with Crippen LogP contribution in [0.1, 0.15) is 37.3 Å². The molecule has 1 aliphatic carbocycles. The van der Waals surface area contributed by atoms with E-state index in [-0.39, 0.29) is 24.0 Å². The molecule has 0 radical (unpaired) electrons. The van der Waals surface area contributed by atoms with E-state index in [1.165, 1.54) is 18.4 Å². The fraction of sp³-hybridized carbons (Fsp3) is 0.632. The lowest BCUT2D eigenvalue weighted by molar-refractivity contribution is 0.123. The Hall–Kier alpha value is -1.02. The van der Waals surface area contributed by atoms with Gasteiger partial charge in [-0.25, -0.2) is 4.99 Å². The Balaban J connectivity index is 0.00000312. The van der Waals surface area contributed by atoms with Gasteiger partial charge >= 0.3 is 0 Å². The average molecular weight is 461 g/mol. The Morgan fingerprint density at radius 1 is 1.28 bits per heavy atom. The molecule has 0 spiro atoms. The minimum Gasteiger partial charge on any atom is -0.496 e. The van der Waals surface area contributed by atoms with Crippen LogP contribution in [-0.2, 0) is 11.3 Å². The topological polar surface area (TPSA) is 54.9 Å². The highest BCUT2D eigenvalue weighted by Gasteiger charge is 2.20. The van der Waals surface area contributed by atoms with Crippen molar-refractivity contribution >= 4 is 29.9 Å². The summed E-state index contributed by atoms with van der Waals surface area (Å²) in [7, 11) is 1.70. The largest absolute Gasteiger partial charge is 0.496 e. The molecule has 1 aromatic rings. The number of methoxy groups -OCH3 is 1. The lowest BCUT2D eigenvalue weighted by Gasteiger charge is -2.12. The Bertz CT molecular complexity index is 533. The average Bonchev–Trinajstić information content (AvgIpc) is 3.40. The predicted octanol–water partition coefficient (Wildman–Crippen LogP) is 3.49. The number of aliphatic imine (C=N–C) groups is 1. The molecule has 0 unspecified atom stereocenters. The van der Waals surface area contributed by atoms with Crippen molar-refractivity contribution in [3.8, 4) is 5.75 Å². The summed E-state index contributed by atoms with van der Waals surface area (Å²) in [4.78, 5) is 4.65. The number of nitrogens with one attached hydrogen (secondary N) is 2. The lowest BCUT2D eigenvalue weighted by atomic mass is 10.1. The summed E-state index contributed by atoms with van der Waals surface area (Å²) in [6.45, 7) is 8.18. The standard InChI is InChI=1S/C19H31N3O2.HI/c1-4-20-19(21-10-5-11-24-14-16-7-8-16)22-13-17-9-6-15(2)12-18(17)23-3;/h6,9,12,16H,4-5,7-8,10-11,13-14H2,1-3H3,(H2,20,21,22);1H. The molecule has 2 N–H and O–H groups in total. The molecule has 2 rings (SSSR count). The van der Waals surface area contributed by atoms with Gasteiger partial charge in [-0.3, -0.25) is 0 Å². The van der Waals surface area contributed by atoms with Crippen molar-refractivity contribution in [3.63, 3.8) is 0 Å². The van der Waals surface area contributed by atoms with E-state index in [2.05, 4.69) is 41.6 Å². The van der Waals surface area contributed by atoms with Crippen LogP contribution in [0.4, 0.5) is 0 Å². The number of nitrogens with zero attached hydrogens (tertiary/aromatic N) is 1. The zero-order valence-corrected chi connectivity index (χ0v) is 18.0. The van der Waals surface area contributed by atoms with Gasteiger partial charge in [0.1, 0.15) is 5.75 Å². The van der Waals surface area contributed by atoms with Crippen LogP contribution in [0, 0.1) is 12.8 Å². The van der Waals surface area contributed by atoms with Gasteiger partial charge in [-0.1, -0.05) is 12.1 Å². The third kappa shape index (κ3) is 8.76. The Kier molecular flexibility index (Phi) is 10.9. The predicted molar refractivity (Wildman–Crippen MR) is 114 cm³/mol. The van der Waals surface area contributed by atoms with Gasteiger partial charge in [0.15, 0.2) is 5.96 Å². The molecule has 142 valence electrons. The molecule has 1 aliphatic rings. The van der Waals surface area contributed by atoms with Gasteiger partial charge in [-0.2, -0.15) is 0 Å². The van der Waals surface area contributed by atoms with Crippen molar-refractivity contribution < 1.29 is 9.47 Å². The molecule has 5 nitrogen and oxygen atoms in total. The second-order valence-electron chi connectivity index (χ2n) is 6.31. The number of guanidine groups is 1. The van der Waals surface area contributed by atoms with Crippen molar-refractivity contribution in [1.29, 1.82) is 0 Å². The van der Waals surface area contributed by atoms with Gasteiger partial charge in [-0.15, -0.1) is 24.0 Å². The third-order valence-electron chi connectivity index (χ3n) is 4.00. The van der Waals surface area contributed by atoms with Gasteiger partial charge in [0.25, 0.3) is 0 Å². The second-order valence-corrected chi connectivity index (χ2v) is 6.31. The third-order valence-corrected chi connectivity index (χ3v) is 4.00. The molecule has 1 fully saturated rings. The lowest BCUT2D eigenvalue weighted by Crippen LogP contribution is -2.38. The summed E-state index contributed by atoms with van der Waals surface area (Å²) in [5, 5.41) is 6.64. The fourth-order valence-electron chi connectivity index (χ4n) is 2.40. The maximum Gasteiger partial charge on any atom is 0.191 e. The SMILES string of the molecule is CCNC(=NCc1ccc(C)cc1OC)NCCCOCC1CC1.I. The summed E-state index contributed by atoms with van der Waals surface area (Å²) in [5.74, 6) is 2.56. The number of ether oxygens (including phenoxy) is 2. The molecule has 0 amide bonds. The Morgan fingerprint density at radius 3 is 2.76 bits per heavy atom. The monoisotopic (exact) mass is 461 g/mol. The fourth-order valence-corrected chi connectivity index (χ4v) is 2.40. The maximum atomic E-state index is 5.65. The van der Waals surface area contributed by atoms with Gasteiger partial charge in [0.05, 0.1) is 13.7 Å². The van der Waals surface area contributed by atoms with E-state index in [4.69, 9.17) is 9.47 Å². The zero-order valence-electron chi connectivity index (χ0n) is 15.6. The van der Waals surface area contributed by atoms with Crippen LogP contribution < -0.4 is 15.4 Å². The normalized spacial score (nSPS) is 14.0. The molecule has 0 aromatic heterocycles. The highest BCUT2D eigenvalue weighted by molar-refractivity contribution is 14.0. The van der Waals surface area contributed by atoms with E-state index < -0.39 is 0 Å². The van der Waals surface area contributed by atoms with Crippen LogP contribution in [0.25, 0.3) is 0 Å². The maximum absolute atomic E-state index is 5.65. The van der Waals surface area contributed by atoms with E-state index >= 15 is 0 Å². The molecule has 6 heteroatoms. The highest BCUT2D eigenvalue weighted by Crippen LogP contribution is 2.28. The van der Waals surface area contributed by atoms with Crippen molar-refractivity contribution in [2.75, 3.05) is 33.4 Å². The highest BCUT2D eigenvalue weighted by atomic mass is 127. The Labute approximate surface area is 169 Å². The molecule has 0 bridgehead atoms. The molecule has 1 aromatic carbocycles. The van der Waals surface area contributed by atoms with Crippen molar-refractivity contribution in [2.45, 2.75) is 39.7 Å². The van der Waals surface area contributed by atoms with E-state index in [0.29, 0.717) is 6.54 Å². The molecule has 0 aliphatic heterocycles. The molecular formula is C19H32IN3O2. The summed E-state index contributed by atoms with van der Waals surface area (Å²) in [6, 6.07) is 6.21. The zero-order chi connectivity index (χ0) is 17.2. The summed E-state index contributed by atoms with van der Waals surface area (Å²) in [5.41, 5.74) is 2.28. The molecule has 0 saturated heterocycles. The van der Waals surface area contributed by atoms with Crippen molar-refractivity contribution in [2.24, 2.45) is 10.9 Å². The number of halogens is 1. The van der Waals surface area contributed by atoms with Crippen molar-refractivity contribution in [1.82, 2.24) is 10.6 Å². The van der Waals surface area contributed by atoms with Crippen LogP contribution in [0.15, 0.2) is 23.2 Å². The smallest absolute Gasteiger partial charge is 0.191 e. The first-order valence-electron chi connectivity index (χ1n) is 8.96. The summed E-state index contributed by atoms with van der Waals surface area (Å²) < 4.78 is 11.1. The molecule has 0 heterocycles. The van der Waals surface area contributed by atoms with Crippen LogP contribution in [-0.4, -0.2) is 39.4 Å². The quantitative estimate of drug-likeness (QED) is 0.243. The first-order chi connectivity index (χ1) is 11.7. The molecule has 1 saturated carbocycles. The van der Waals surface area contributed by atoms with Crippen LogP contribution in [0.5, 0.6) is 5.75 Å². The number of hydrogen-bond donors (Lipinski definition) is 2. The van der Waals surface area contributed by atoms with E-state index in [1.54, 1.807) is 7.11 Å².